The van der Waals surface area contributed by atoms with Crippen LogP contribution in [0.25, 0.3) is 0 Å². The van der Waals surface area contributed by atoms with E-state index in [9.17, 15) is 31.2 Å². The molecule has 1 aliphatic carbocycles. The van der Waals surface area contributed by atoms with Crippen molar-refractivity contribution >= 4 is 44.8 Å². The predicted molar refractivity (Wildman–Crippen MR) is 157 cm³/mol. The maximum Gasteiger partial charge on any atom is 0.416 e. The molecule has 0 saturated carbocycles. The van der Waals surface area contributed by atoms with Gasteiger partial charge in [-0.05, 0) is 56.3 Å². The number of carbonyl (C=O) groups is 2. The molecule has 1 aliphatic rings. The van der Waals surface area contributed by atoms with Gasteiger partial charge in [-0.3, -0.25) is 14.3 Å². The van der Waals surface area contributed by atoms with Gasteiger partial charge in [0.2, 0.25) is 11.9 Å². The van der Waals surface area contributed by atoms with E-state index >= 15 is 0 Å². The molecule has 10 nitrogen and oxygen atoms in total. The highest BCUT2D eigenvalue weighted by Gasteiger charge is 2.38. The van der Waals surface area contributed by atoms with E-state index in [4.69, 9.17) is 0 Å². The number of halogens is 3. The van der Waals surface area contributed by atoms with Crippen LogP contribution in [0.3, 0.4) is 0 Å². The second kappa shape index (κ2) is 12.1. The van der Waals surface area contributed by atoms with E-state index in [2.05, 4.69) is 37.2 Å². The molecule has 0 saturated heterocycles. The predicted octanol–water partition coefficient (Wildman–Crippen LogP) is 5.73. The van der Waals surface area contributed by atoms with E-state index in [-0.39, 0.29) is 17.9 Å². The minimum absolute atomic E-state index is 0.0817. The number of rotatable bonds is 9. The summed E-state index contributed by atoms with van der Waals surface area (Å²) >= 11 is 0. The Morgan fingerprint density at radius 3 is 2.33 bits per heavy atom. The Morgan fingerprint density at radius 2 is 1.65 bits per heavy atom. The highest BCUT2D eigenvalue weighted by atomic mass is 32.2. The van der Waals surface area contributed by atoms with Gasteiger partial charge in [0.15, 0.2) is 0 Å². The summed E-state index contributed by atoms with van der Waals surface area (Å²) in [6.45, 7) is 6.69. The number of benzene rings is 2. The second-order valence-corrected chi connectivity index (χ2v) is 11.5. The molecule has 2 aromatic carbocycles. The van der Waals surface area contributed by atoms with Crippen molar-refractivity contribution in [3.8, 4) is 0 Å². The molecule has 0 spiro atoms. The third-order valence-corrected chi connectivity index (χ3v) is 7.64. The number of alkyl halides is 3. The zero-order valence-electron chi connectivity index (χ0n) is 23.0. The molecular weight excluding hydrogens is 585 g/mol. The summed E-state index contributed by atoms with van der Waals surface area (Å²) in [5, 5.41) is 9.11. The molecule has 3 aromatic rings. The van der Waals surface area contributed by atoms with E-state index in [1.54, 1.807) is 44.2 Å². The number of sulfonamides is 1. The zero-order valence-corrected chi connectivity index (χ0v) is 23.8. The van der Waals surface area contributed by atoms with Gasteiger partial charge in [0.1, 0.15) is 0 Å². The zero-order chi connectivity index (χ0) is 31.4. The Morgan fingerprint density at radius 1 is 0.977 bits per heavy atom. The van der Waals surface area contributed by atoms with Crippen LogP contribution in [-0.4, -0.2) is 30.2 Å². The average molecular weight is 613 g/mol. The second-order valence-electron chi connectivity index (χ2n) is 9.85. The Labute approximate surface area is 245 Å². The number of aromatic nitrogens is 2. The number of anilines is 4. The van der Waals surface area contributed by atoms with Crippen LogP contribution in [0.4, 0.5) is 36.2 Å². The summed E-state index contributed by atoms with van der Waals surface area (Å²) in [7, 11) is -3.68. The van der Waals surface area contributed by atoms with Gasteiger partial charge >= 0.3 is 6.18 Å². The third kappa shape index (κ3) is 7.65. The van der Waals surface area contributed by atoms with Crippen LogP contribution >= 0.6 is 0 Å². The normalized spacial score (nSPS) is 16.8. The van der Waals surface area contributed by atoms with Gasteiger partial charge in [0.25, 0.3) is 15.9 Å². The molecule has 1 atom stereocenters. The van der Waals surface area contributed by atoms with Crippen LogP contribution in [-0.2, 0) is 21.0 Å². The minimum Gasteiger partial charge on any atom is -0.326 e. The topological polar surface area (TPSA) is 142 Å². The van der Waals surface area contributed by atoms with E-state index in [0.29, 0.717) is 28.3 Å². The first-order valence-electron chi connectivity index (χ1n) is 12.7. The lowest BCUT2D eigenvalue weighted by Crippen LogP contribution is -2.39. The van der Waals surface area contributed by atoms with Crippen molar-refractivity contribution in [1.82, 2.24) is 15.3 Å². The number of carbonyl (C=O) groups excluding carboxylic acids is 2. The largest absolute Gasteiger partial charge is 0.416 e. The first-order chi connectivity index (χ1) is 20.2. The molecule has 0 bridgehead atoms. The van der Waals surface area contributed by atoms with E-state index < -0.39 is 39.0 Å². The summed E-state index contributed by atoms with van der Waals surface area (Å²) in [4.78, 5) is 34.4. The molecule has 14 heteroatoms. The molecule has 1 aromatic heterocycles. The van der Waals surface area contributed by atoms with E-state index in [0.717, 1.165) is 23.6 Å². The van der Waals surface area contributed by atoms with Gasteiger partial charge in [0.05, 0.1) is 34.7 Å². The highest BCUT2D eigenvalue weighted by molar-refractivity contribution is 7.95. The summed E-state index contributed by atoms with van der Waals surface area (Å²) in [6.07, 6.45) is 1.53. The number of allylic oxidation sites excluding steroid dienone is 3. The molecule has 224 valence electrons. The lowest BCUT2D eigenvalue weighted by Gasteiger charge is -2.33. The lowest BCUT2D eigenvalue weighted by molar-refractivity contribution is -0.137. The monoisotopic (exact) mass is 612 g/mol. The highest BCUT2D eigenvalue weighted by Crippen LogP contribution is 2.38. The Bertz CT molecular complexity index is 1740. The number of amides is 2. The van der Waals surface area contributed by atoms with Gasteiger partial charge in [-0.2, -0.15) is 13.2 Å². The number of nitrogens with zero attached hydrogens (tertiary/aromatic N) is 2. The Hall–Kier alpha value is -4.98. The molecule has 1 heterocycles. The maximum atomic E-state index is 13.4. The molecule has 4 rings (SSSR count). The van der Waals surface area contributed by atoms with E-state index in [1.807, 2.05) is 0 Å². The van der Waals surface area contributed by atoms with Gasteiger partial charge in [-0.15, -0.1) is 0 Å². The smallest absolute Gasteiger partial charge is 0.326 e. The molecule has 1 unspecified atom stereocenters. The van der Waals surface area contributed by atoms with Gasteiger partial charge in [0, 0.05) is 28.8 Å². The summed E-state index contributed by atoms with van der Waals surface area (Å²) in [5.41, 5.74) is -0.0373. The molecule has 0 fully saturated rings. The quantitative estimate of drug-likeness (QED) is 0.242. The first-order valence-corrected chi connectivity index (χ1v) is 14.3. The molecule has 43 heavy (non-hydrogen) atoms. The van der Waals surface area contributed by atoms with Crippen LogP contribution < -0.4 is 20.7 Å². The Balaban J connectivity index is 1.40. The van der Waals surface area contributed by atoms with Crippen molar-refractivity contribution in [3.05, 3.63) is 107 Å². The fourth-order valence-electron chi connectivity index (χ4n) is 4.11. The molecule has 0 radical (unpaired) electrons. The Kier molecular flexibility index (Phi) is 8.71. The number of hydrogen-bond donors (Lipinski definition) is 4. The average Bonchev–Trinajstić information content (AvgIpc) is 2.95. The third-order valence-electron chi connectivity index (χ3n) is 6.68. The summed E-state index contributed by atoms with van der Waals surface area (Å²) in [5.74, 6) is -0.955. The van der Waals surface area contributed by atoms with Crippen LogP contribution in [0.5, 0.6) is 0 Å². The molecule has 0 aliphatic heterocycles. The van der Waals surface area contributed by atoms with Crippen LogP contribution in [0.1, 0.15) is 36.2 Å². The minimum atomic E-state index is -4.59. The fraction of sp³-hybridized carbons (Fsp3) is 0.172. The first kappa shape index (κ1) is 31.0. The maximum absolute atomic E-state index is 13.4. The molecule has 2 amide bonds. The van der Waals surface area contributed by atoms with Crippen molar-refractivity contribution in [2.24, 2.45) is 5.41 Å². The standard InChI is InChI=1S/C29H27F3N6O4S/c1-4-43(41,42)38-22-10-6-9-21(14-22)37-27-33-16-24(17-34-27)36-26(40)28(3)15-23(12-11-18(28)2)35-25(39)19-7-5-8-20(13-19)29(30,31)32/h4-14,16-17,38H,1,15H2,2-3H3,(H,35,39)(H,36,40)(H,33,34,37). The van der Waals surface area contributed by atoms with Gasteiger partial charge in [-0.25, -0.2) is 18.4 Å². The SMILES string of the molecule is C=CS(=O)(=O)Nc1cccc(Nc2ncc(NC(=O)C3(C)CC(NC(=O)c4cccc(C(F)(F)F)c4)=CC=C3C)cn2)c1. The van der Waals surface area contributed by atoms with Crippen LogP contribution in [0, 0.1) is 5.41 Å². The van der Waals surface area contributed by atoms with Crippen molar-refractivity contribution in [2.45, 2.75) is 26.4 Å². The van der Waals surface area contributed by atoms with Crippen molar-refractivity contribution < 1.29 is 31.2 Å². The lowest BCUT2D eigenvalue weighted by atomic mass is 9.75. The summed E-state index contributed by atoms with van der Waals surface area (Å²) < 4.78 is 65.0. The summed E-state index contributed by atoms with van der Waals surface area (Å²) in [6, 6.07) is 10.5. The molecular formula is C29H27F3N6O4S. The number of nitrogens with one attached hydrogen (secondary N) is 4. The van der Waals surface area contributed by atoms with Crippen molar-refractivity contribution in [2.75, 3.05) is 15.4 Å². The van der Waals surface area contributed by atoms with Crippen molar-refractivity contribution in [3.63, 3.8) is 0 Å². The molecule has 4 N–H and O–H groups in total. The number of hydrogen-bond acceptors (Lipinski definition) is 7. The van der Waals surface area contributed by atoms with Gasteiger partial charge < -0.3 is 16.0 Å². The van der Waals surface area contributed by atoms with Crippen molar-refractivity contribution in [1.29, 1.82) is 0 Å². The van der Waals surface area contributed by atoms with E-state index in [1.165, 1.54) is 24.5 Å². The van der Waals surface area contributed by atoms with Crippen LogP contribution in [0.15, 0.2) is 96.3 Å². The van der Waals surface area contributed by atoms with Crippen LogP contribution in [0.2, 0.25) is 0 Å². The fourth-order valence-corrected chi connectivity index (χ4v) is 4.65. The van der Waals surface area contributed by atoms with Gasteiger partial charge in [-0.1, -0.05) is 30.4 Å².